The Balaban J connectivity index is 1.74. The molecule has 0 spiro atoms. The zero-order valence-corrected chi connectivity index (χ0v) is 15.6. The largest absolute Gasteiger partial charge is 0.469 e. The number of methoxy groups -OCH3 is 1. The van der Waals surface area contributed by atoms with E-state index in [-0.39, 0.29) is 17.9 Å². The van der Waals surface area contributed by atoms with Crippen LogP contribution in [0.15, 0.2) is 60.7 Å². The fourth-order valence-electron chi connectivity index (χ4n) is 4.05. The molecule has 0 bridgehead atoms. The minimum absolute atomic E-state index is 0.0252. The lowest BCUT2D eigenvalue weighted by Crippen LogP contribution is -2.48. The number of hydrogen-bond donors (Lipinski definition) is 1. The fraction of sp³-hybridized carbons (Fsp3) is 0.435. The third-order valence-corrected chi connectivity index (χ3v) is 5.37. The van der Waals surface area contributed by atoms with E-state index in [4.69, 9.17) is 4.74 Å². The average molecular weight is 351 g/mol. The van der Waals surface area contributed by atoms with Crippen LogP contribution in [0.25, 0.3) is 0 Å². The first-order chi connectivity index (χ1) is 12.8. The number of carbonyl (C=O) groups excluding carboxylic acids is 1. The molecule has 26 heavy (non-hydrogen) atoms. The van der Waals surface area contributed by atoms with E-state index in [2.05, 4.69) is 66.0 Å². The summed E-state index contributed by atoms with van der Waals surface area (Å²) in [5.41, 5.74) is 2.65. The van der Waals surface area contributed by atoms with Gasteiger partial charge in [-0.15, -0.1) is 0 Å². The van der Waals surface area contributed by atoms with Crippen LogP contribution in [0.4, 0.5) is 0 Å². The van der Waals surface area contributed by atoms with Crippen LogP contribution >= 0.6 is 0 Å². The molecule has 0 heterocycles. The Morgan fingerprint density at radius 3 is 2.04 bits per heavy atom. The molecule has 2 atom stereocenters. The van der Waals surface area contributed by atoms with E-state index in [1.165, 1.54) is 24.7 Å². The molecule has 1 aliphatic carbocycles. The highest BCUT2D eigenvalue weighted by Crippen LogP contribution is 2.26. The summed E-state index contributed by atoms with van der Waals surface area (Å²) >= 11 is 0. The predicted octanol–water partition coefficient (Wildman–Crippen LogP) is 4.16. The summed E-state index contributed by atoms with van der Waals surface area (Å²) in [4.78, 5) is 12.2. The molecule has 3 heteroatoms. The van der Waals surface area contributed by atoms with Gasteiger partial charge in [-0.25, -0.2) is 0 Å². The first-order valence-electron chi connectivity index (χ1n) is 9.68. The minimum atomic E-state index is -0.0691. The monoisotopic (exact) mass is 351 g/mol. The maximum absolute atomic E-state index is 12.2. The summed E-state index contributed by atoms with van der Waals surface area (Å²) in [5.74, 6) is -0.0943. The van der Waals surface area contributed by atoms with Gasteiger partial charge in [-0.05, 0) is 36.8 Å². The molecule has 1 N–H and O–H groups in total. The van der Waals surface area contributed by atoms with E-state index in [1.807, 2.05) is 0 Å². The van der Waals surface area contributed by atoms with E-state index in [0.717, 1.165) is 32.1 Å². The molecule has 3 rings (SSSR count). The zero-order chi connectivity index (χ0) is 18.2. The molecule has 1 fully saturated rings. The molecule has 2 aromatic carbocycles. The van der Waals surface area contributed by atoms with Crippen molar-refractivity contribution in [3.8, 4) is 0 Å². The number of hydrogen-bond acceptors (Lipinski definition) is 3. The molecule has 3 nitrogen and oxygen atoms in total. The van der Waals surface area contributed by atoms with Gasteiger partial charge in [0.05, 0.1) is 13.0 Å². The normalized spacial score (nSPS) is 20.1. The predicted molar refractivity (Wildman–Crippen MR) is 105 cm³/mol. The van der Waals surface area contributed by atoms with Crippen LogP contribution in [0, 0.1) is 5.92 Å². The summed E-state index contributed by atoms with van der Waals surface area (Å²) in [5, 5.41) is 3.82. The van der Waals surface area contributed by atoms with Crippen molar-refractivity contribution in [3.05, 3.63) is 71.8 Å². The highest BCUT2D eigenvalue weighted by molar-refractivity contribution is 5.73. The van der Waals surface area contributed by atoms with E-state index in [1.54, 1.807) is 0 Å². The van der Waals surface area contributed by atoms with Crippen LogP contribution in [-0.4, -0.2) is 25.2 Å². The average Bonchev–Trinajstić information content (AvgIpc) is 2.69. The van der Waals surface area contributed by atoms with Gasteiger partial charge in [-0.2, -0.15) is 0 Å². The van der Waals surface area contributed by atoms with Gasteiger partial charge in [-0.3, -0.25) is 4.79 Å². The highest BCUT2D eigenvalue weighted by Gasteiger charge is 2.33. The van der Waals surface area contributed by atoms with Crippen LogP contribution in [-0.2, 0) is 22.4 Å². The number of ether oxygens (including phenoxy) is 1. The van der Waals surface area contributed by atoms with Crippen LogP contribution in [0.2, 0.25) is 0 Å². The second-order valence-corrected chi connectivity index (χ2v) is 7.26. The minimum Gasteiger partial charge on any atom is -0.469 e. The van der Waals surface area contributed by atoms with E-state index < -0.39 is 0 Å². The number of esters is 1. The van der Waals surface area contributed by atoms with E-state index in [0.29, 0.717) is 6.04 Å². The Morgan fingerprint density at radius 2 is 1.50 bits per heavy atom. The van der Waals surface area contributed by atoms with Crippen molar-refractivity contribution in [2.24, 2.45) is 5.92 Å². The third kappa shape index (κ3) is 5.18. The van der Waals surface area contributed by atoms with Crippen molar-refractivity contribution < 1.29 is 9.53 Å². The molecule has 2 aromatic rings. The summed E-state index contributed by atoms with van der Waals surface area (Å²) in [7, 11) is 1.50. The smallest absolute Gasteiger partial charge is 0.310 e. The Morgan fingerprint density at radius 1 is 0.962 bits per heavy atom. The number of carbonyl (C=O) groups is 1. The maximum Gasteiger partial charge on any atom is 0.310 e. The molecule has 1 saturated carbocycles. The Hall–Kier alpha value is -2.13. The molecule has 138 valence electrons. The summed E-state index contributed by atoms with van der Waals surface area (Å²) in [6, 6.07) is 21.7. The van der Waals surface area contributed by atoms with Gasteiger partial charge in [0.25, 0.3) is 0 Å². The van der Waals surface area contributed by atoms with Crippen LogP contribution in [0.3, 0.4) is 0 Å². The molecule has 1 aliphatic rings. The van der Waals surface area contributed by atoms with Crippen molar-refractivity contribution >= 4 is 5.97 Å². The quantitative estimate of drug-likeness (QED) is 0.761. The third-order valence-electron chi connectivity index (χ3n) is 5.37. The van der Waals surface area contributed by atoms with Gasteiger partial charge in [0.2, 0.25) is 0 Å². The second-order valence-electron chi connectivity index (χ2n) is 7.26. The molecular formula is C23H29NO2. The lowest BCUT2D eigenvalue weighted by molar-refractivity contribution is -0.147. The lowest BCUT2D eigenvalue weighted by Gasteiger charge is -2.34. The Bertz CT molecular complexity index is 630. The van der Waals surface area contributed by atoms with Crippen molar-refractivity contribution in [2.45, 2.75) is 50.6 Å². The van der Waals surface area contributed by atoms with Gasteiger partial charge < -0.3 is 10.1 Å². The topological polar surface area (TPSA) is 38.3 Å². The van der Waals surface area contributed by atoms with E-state index >= 15 is 0 Å². The number of nitrogens with one attached hydrogen (secondary N) is 1. The molecule has 0 radical (unpaired) electrons. The van der Waals surface area contributed by atoms with Crippen LogP contribution < -0.4 is 5.32 Å². The fourth-order valence-corrected chi connectivity index (χ4v) is 4.05. The summed E-state index contributed by atoms with van der Waals surface area (Å²) in [6.45, 7) is 0. The van der Waals surface area contributed by atoms with Crippen molar-refractivity contribution in [1.82, 2.24) is 5.32 Å². The van der Waals surface area contributed by atoms with Gasteiger partial charge in [-0.1, -0.05) is 73.5 Å². The van der Waals surface area contributed by atoms with E-state index in [9.17, 15) is 4.79 Å². The van der Waals surface area contributed by atoms with Crippen LogP contribution in [0.1, 0.15) is 36.8 Å². The lowest BCUT2D eigenvalue weighted by atomic mass is 9.83. The van der Waals surface area contributed by atoms with Gasteiger partial charge >= 0.3 is 5.97 Å². The Labute approximate surface area is 156 Å². The van der Waals surface area contributed by atoms with Gasteiger partial charge in [0.1, 0.15) is 0 Å². The molecule has 0 saturated heterocycles. The SMILES string of the molecule is COC(=O)[C@@H]1CCCC[C@H]1NC(Cc1ccccc1)Cc1ccccc1. The maximum atomic E-state index is 12.2. The van der Waals surface area contributed by atoms with Crippen molar-refractivity contribution in [1.29, 1.82) is 0 Å². The summed E-state index contributed by atoms with van der Waals surface area (Å²) < 4.78 is 5.06. The second kappa shape index (κ2) is 9.54. The zero-order valence-electron chi connectivity index (χ0n) is 15.6. The van der Waals surface area contributed by atoms with Crippen molar-refractivity contribution in [3.63, 3.8) is 0 Å². The Kier molecular flexibility index (Phi) is 6.84. The molecule has 0 amide bonds. The van der Waals surface area contributed by atoms with Crippen molar-refractivity contribution in [2.75, 3.05) is 7.11 Å². The van der Waals surface area contributed by atoms with Gasteiger partial charge in [0.15, 0.2) is 0 Å². The first-order valence-corrected chi connectivity index (χ1v) is 9.68. The number of benzene rings is 2. The molecule has 0 aliphatic heterocycles. The molecule has 0 unspecified atom stereocenters. The molecule has 0 aromatic heterocycles. The van der Waals surface area contributed by atoms with Crippen LogP contribution in [0.5, 0.6) is 0 Å². The first kappa shape index (κ1) is 18.7. The standard InChI is InChI=1S/C23H29NO2/c1-26-23(25)21-14-8-9-15-22(21)24-20(16-18-10-4-2-5-11-18)17-19-12-6-3-7-13-19/h2-7,10-13,20-22,24H,8-9,14-17H2,1H3/t21-,22-/m1/s1. The highest BCUT2D eigenvalue weighted by atomic mass is 16.5. The number of rotatable bonds is 7. The summed E-state index contributed by atoms with van der Waals surface area (Å²) in [6.07, 6.45) is 6.17. The van der Waals surface area contributed by atoms with Gasteiger partial charge in [0, 0.05) is 12.1 Å². The molecular weight excluding hydrogens is 322 g/mol.